The first-order valence-electron chi connectivity index (χ1n) is 5.77. The molecule has 0 aromatic carbocycles. The van der Waals surface area contributed by atoms with Crippen LogP contribution in [0.3, 0.4) is 0 Å². The number of amides is 1. The summed E-state index contributed by atoms with van der Waals surface area (Å²) in [4.78, 5) is 15.8. The van der Waals surface area contributed by atoms with Crippen molar-refractivity contribution in [3.63, 3.8) is 0 Å². The second kappa shape index (κ2) is 3.89. The van der Waals surface area contributed by atoms with Gasteiger partial charge >= 0.3 is 6.09 Å². The van der Waals surface area contributed by atoms with E-state index in [1.54, 1.807) is 4.90 Å². The van der Waals surface area contributed by atoms with E-state index < -0.39 is 11.7 Å². The van der Waals surface area contributed by atoms with Gasteiger partial charge in [-0.2, -0.15) is 0 Å². The van der Waals surface area contributed by atoms with Crippen molar-refractivity contribution in [2.24, 2.45) is 0 Å². The maximum absolute atomic E-state index is 11.9. The lowest BCUT2D eigenvalue weighted by molar-refractivity contribution is -0.0000875. The monoisotopic (exact) mass is 228 g/mol. The molecule has 92 valence electrons. The van der Waals surface area contributed by atoms with Crippen LogP contribution < -0.4 is 0 Å². The van der Waals surface area contributed by atoms with Crippen molar-refractivity contribution in [3.8, 4) is 0 Å². The van der Waals surface area contributed by atoms with E-state index in [2.05, 4.69) is 4.90 Å². The number of hydrogen-bond acceptors (Lipinski definition) is 4. The van der Waals surface area contributed by atoms with Crippen LogP contribution in [-0.4, -0.2) is 64.9 Å². The van der Waals surface area contributed by atoms with Gasteiger partial charge in [-0.1, -0.05) is 0 Å². The molecule has 2 aliphatic rings. The van der Waals surface area contributed by atoms with Crippen molar-refractivity contribution < 1.29 is 14.6 Å². The Morgan fingerprint density at radius 2 is 2.00 bits per heavy atom. The van der Waals surface area contributed by atoms with E-state index in [0.29, 0.717) is 13.1 Å². The predicted molar refractivity (Wildman–Crippen MR) is 59.2 cm³/mol. The summed E-state index contributed by atoms with van der Waals surface area (Å²) >= 11 is 0. The van der Waals surface area contributed by atoms with Crippen LogP contribution in [0.2, 0.25) is 0 Å². The molecule has 5 heteroatoms. The second-order valence-electron chi connectivity index (χ2n) is 5.57. The highest BCUT2D eigenvalue weighted by Gasteiger charge is 2.42. The molecule has 0 radical (unpaired) electrons. The number of piperazine rings is 1. The van der Waals surface area contributed by atoms with Crippen LogP contribution in [0.25, 0.3) is 0 Å². The molecule has 0 spiro atoms. The minimum atomic E-state index is -0.474. The van der Waals surface area contributed by atoms with E-state index in [1.165, 1.54) is 0 Å². The zero-order valence-electron chi connectivity index (χ0n) is 10.1. The van der Waals surface area contributed by atoms with Gasteiger partial charge in [-0.15, -0.1) is 0 Å². The minimum Gasteiger partial charge on any atom is -0.444 e. The van der Waals surface area contributed by atoms with Gasteiger partial charge in [-0.25, -0.2) is 4.79 Å². The van der Waals surface area contributed by atoms with E-state index in [1.807, 2.05) is 20.8 Å². The highest BCUT2D eigenvalue weighted by atomic mass is 16.6. The highest BCUT2D eigenvalue weighted by molar-refractivity contribution is 5.69. The molecule has 3 atom stereocenters. The lowest BCUT2D eigenvalue weighted by Gasteiger charge is -2.35. The van der Waals surface area contributed by atoms with Gasteiger partial charge in [-0.3, -0.25) is 9.80 Å². The molecule has 0 aromatic rings. The normalized spacial score (nSPS) is 34.0. The number of carbonyl (C=O) groups is 1. The fourth-order valence-corrected chi connectivity index (χ4v) is 2.30. The number of carbonyl (C=O) groups excluding carboxylic acids is 1. The van der Waals surface area contributed by atoms with Crippen LogP contribution in [0.1, 0.15) is 20.8 Å². The van der Waals surface area contributed by atoms with E-state index >= 15 is 0 Å². The van der Waals surface area contributed by atoms with E-state index in [9.17, 15) is 9.90 Å². The second-order valence-corrected chi connectivity index (χ2v) is 5.57. The van der Waals surface area contributed by atoms with Crippen LogP contribution >= 0.6 is 0 Å². The zero-order chi connectivity index (χ0) is 11.9. The Hall–Kier alpha value is -0.810. The molecule has 2 aliphatic heterocycles. The Morgan fingerprint density at radius 3 is 2.62 bits per heavy atom. The van der Waals surface area contributed by atoms with Crippen molar-refractivity contribution in [2.75, 3.05) is 26.2 Å². The molecule has 2 unspecified atom stereocenters. The topological polar surface area (TPSA) is 53.0 Å². The van der Waals surface area contributed by atoms with Gasteiger partial charge in [0.1, 0.15) is 5.60 Å². The number of hydrogen-bond donors (Lipinski definition) is 1. The number of ether oxygens (including phenoxy) is 1. The van der Waals surface area contributed by atoms with E-state index in [4.69, 9.17) is 4.74 Å². The molecule has 0 saturated carbocycles. The number of rotatable bonds is 0. The molecule has 0 aromatic heterocycles. The maximum Gasteiger partial charge on any atom is 0.410 e. The van der Waals surface area contributed by atoms with Crippen molar-refractivity contribution >= 4 is 6.09 Å². The average Bonchev–Trinajstić information content (AvgIpc) is 2.40. The standard InChI is InChI=1S/C11H20N2O3/c1-11(2,3)16-10(15)13-5-4-12-6-8(13)9(14)7-12/h8-9,14H,4-7H2,1-3H3/t8-,9?/m0/s1. The lowest BCUT2D eigenvalue weighted by atomic mass is 10.1. The Labute approximate surface area is 96.0 Å². The molecule has 2 saturated heterocycles. The van der Waals surface area contributed by atoms with Crippen LogP contribution in [0.5, 0.6) is 0 Å². The fourth-order valence-electron chi connectivity index (χ4n) is 2.30. The molecule has 2 bridgehead atoms. The van der Waals surface area contributed by atoms with Gasteiger partial charge in [-0.05, 0) is 20.8 Å². The molecule has 0 aliphatic carbocycles. The summed E-state index contributed by atoms with van der Waals surface area (Å²) in [7, 11) is 0. The van der Waals surface area contributed by atoms with Crippen molar-refractivity contribution in [3.05, 3.63) is 0 Å². The third-order valence-corrected chi connectivity index (χ3v) is 3.02. The Bertz CT molecular complexity index is 287. The first-order chi connectivity index (χ1) is 7.37. The molecule has 16 heavy (non-hydrogen) atoms. The highest BCUT2D eigenvalue weighted by Crippen LogP contribution is 2.23. The van der Waals surface area contributed by atoms with Crippen LogP contribution in [0, 0.1) is 0 Å². The van der Waals surface area contributed by atoms with Crippen LogP contribution in [0.4, 0.5) is 4.79 Å². The van der Waals surface area contributed by atoms with Gasteiger partial charge in [0.15, 0.2) is 0 Å². The predicted octanol–water partition coefficient (Wildman–Crippen LogP) is 0.282. The number of fused-ring (bicyclic) bond motifs is 2. The average molecular weight is 228 g/mol. The summed E-state index contributed by atoms with van der Waals surface area (Å²) in [6.07, 6.45) is -0.742. The van der Waals surface area contributed by atoms with E-state index in [0.717, 1.165) is 13.1 Å². The molecular formula is C11H20N2O3. The third kappa shape index (κ3) is 2.30. The van der Waals surface area contributed by atoms with Gasteiger partial charge in [0.2, 0.25) is 0 Å². The SMILES string of the molecule is CC(C)(C)OC(=O)N1CCN2CC(O)[C@@H]1C2. The Kier molecular flexibility index (Phi) is 2.84. The summed E-state index contributed by atoms with van der Waals surface area (Å²) in [5.41, 5.74) is -0.474. The molecule has 2 rings (SSSR count). The first kappa shape index (κ1) is 11.7. The quantitative estimate of drug-likeness (QED) is 0.647. The lowest BCUT2D eigenvalue weighted by Crippen LogP contribution is -2.53. The van der Waals surface area contributed by atoms with Gasteiger partial charge in [0.05, 0.1) is 12.1 Å². The third-order valence-electron chi connectivity index (χ3n) is 3.02. The molecule has 2 fully saturated rings. The largest absolute Gasteiger partial charge is 0.444 e. The van der Waals surface area contributed by atoms with E-state index in [-0.39, 0.29) is 12.1 Å². The molecule has 1 amide bonds. The summed E-state index contributed by atoms with van der Waals surface area (Å²) in [6, 6.07) is -0.0939. The van der Waals surface area contributed by atoms with Crippen molar-refractivity contribution in [1.29, 1.82) is 0 Å². The van der Waals surface area contributed by atoms with Crippen molar-refractivity contribution in [1.82, 2.24) is 9.80 Å². The molecule has 5 nitrogen and oxygen atoms in total. The summed E-state index contributed by atoms with van der Waals surface area (Å²) in [6.45, 7) is 8.47. The Morgan fingerprint density at radius 1 is 1.31 bits per heavy atom. The van der Waals surface area contributed by atoms with Crippen LogP contribution in [-0.2, 0) is 4.74 Å². The minimum absolute atomic E-state index is 0.0939. The zero-order valence-corrected chi connectivity index (χ0v) is 10.1. The first-order valence-corrected chi connectivity index (χ1v) is 5.77. The molecule has 1 N–H and O–H groups in total. The number of aliphatic hydroxyl groups is 1. The van der Waals surface area contributed by atoms with Gasteiger partial charge < -0.3 is 9.84 Å². The fraction of sp³-hybridized carbons (Fsp3) is 0.909. The van der Waals surface area contributed by atoms with Crippen molar-refractivity contribution in [2.45, 2.75) is 38.5 Å². The van der Waals surface area contributed by atoms with Gasteiger partial charge in [0.25, 0.3) is 0 Å². The summed E-state index contributed by atoms with van der Waals surface area (Å²) in [5.74, 6) is 0. The smallest absolute Gasteiger partial charge is 0.410 e. The Balaban J connectivity index is 2.01. The molecular weight excluding hydrogens is 208 g/mol. The summed E-state index contributed by atoms with van der Waals surface area (Å²) < 4.78 is 5.33. The summed E-state index contributed by atoms with van der Waals surface area (Å²) in [5, 5.41) is 9.83. The maximum atomic E-state index is 11.9. The molecule has 2 heterocycles. The van der Waals surface area contributed by atoms with Crippen LogP contribution in [0.15, 0.2) is 0 Å². The number of aliphatic hydroxyl groups excluding tert-OH is 1. The number of nitrogens with zero attached hydrogens (tertiary/aromatic N) is 2. The van der Waals surface area contributed by atoms with Gasteiger partial charge in [0, 0.05) is 26.2 Å².